The summed E-state index contributed by atoms with van der Waals surface area (Å²) in [5.74, 6) is 0.302. The van der Waals surface area contributed by atoms with Crippen molar-refractivity contribution in [3.8, 4) is 0 Å². The molecule has 0 aromatic rings. The van der Waals surface area contributed by atoms with Crippen LogP contribution in [0.2, 0.25) is 0 Å². The molecular formula is C8H17Ar2NOY-2. The molecule has 0 aliphatic carbocycles. The van der Waals surface area contributed by atoms with Crippen molar-refractivity contribution in [1.82, 2.24) is 4.90 Å². The summed E-state index contributed by atoms with van der Waals surface area (Å²) in [6.07, 6.45) is 3.03. The summed E-state index contributed by atoms with van der Waals surface area (Å²) < 4.78 is 0. The monoisotopic (exact) mass is 312 g/mol. The van der Waals surface area contributed by atoms with Crippen molar-refractivity contribution in [2.75, 3.05) is 13.6 Å². The van der Waals surface area contributed by atoms with Crippen molar-refractivity contribution in [1.29, 1.82) is 0 Å². The summed E-state index contributed by atoms with van der Waals surface area (Å²) in [4.78, 5) is 12.5. The second-order valence-corrected chi connectivity index (χ2v) is 2.27. The Hall–Kier alpha value is 3.09. The number of nitrogens with zero attached hydrogens (tertiary/aromatic N) is 1. The van der Waals surface area contributed by atoms with Crippen LogP contribution in [0, 0.1) is 90.3 Å². The first-order chi connectivity index (χ1) is 3.80. The second kappa shape index (κ2) is 17.5. The topological polar surface area (TPSA) is 20.3 Å². The minimum atomic E-state index is 0. The number of rotatable bonds is 0. The third-order valence-electron chi connectivity index (χ3n) is 1.56. The fourth-order valence-electron chi connectivity index (χ4n) is 0.941. The molecule has 1 radical (unpaired) electrons. The SMILES string of the molecule is CN1CCCCC1=O.[Ar].[Ar].[CH3-].[CH3-].[Y]. The van der Waals surface area contributed by atoms with Gasteiger partial charge in [-0.15, -0.1) is 0 Å². The van der Waals surface area contributed by atoms with Gasteiger partial charge >= 0.3 is 0 Å². The third-order valence-corrected chi connectivity index (χ3v) is 1.56. The smallest absolute Gasteiger partial charge is 0.222 e. The van der Waals surface area contributed by atoms with Gasteiger partial charge in [0.1, 0.15) is 0 Å². The molecule has 1 amide bonds. The van der Waals surface area contributed by atoms with Crippen LogP contribution in [-0.2, 0) is 37.5 Å². The molecule has 0 N–H and O–H groups in total. The van der Waals surface area contributed by atoms with Gasteiger partial charge in [-0.1, -0.05) is 0 Å². The van der Waals surface area contributed by atoms with E-state index in [0.717, 1.165) is 19.4 Å². The molecular weight excluding hydrogens is 295 g/mol. The van der Waals surface area contributed by atoms with Gasteiger partial charge in [0, 0.05) is 128 Å². The van der Waals surface area contributed by atoms with E-state index in [1.165, 1.54) is 6.42 Å². The molecule has 0 atom stereocenters. The van der Waals surface area contributed by atoms with E-state index < -0.39 is 0 Å². The van der Waals surface area contributed by atoms with E-state index in [9.17, 15) is 4.79 Å². The Bertz CT molecular complexity index is 114. The van der Waals surface area contributed by atoms with Crippen molar-refractivity contribution in [2.45, 2.75) is 19.3 Å². The van der Waals surface area contributed by atoms with Crippen LogP contribution in [0.4, 0.5) is 0 Å². The van der Waals surface area contributed by atoms with Gasteiger partial charge in [0.25, 0.3) is 0 Å². The van der Waals surface area contributed by atoms with Crippen LogP contribution in [0.1, 0.15) is 19.3 Å². The molecule has 0 aromatic heterocycles. The summed E-state index contributed by atoms with van der Waals surface area (Å²) in [5, 5.41) is 0. The van der Waals surface area contributed by atoms with Crippen molar-refractivity contribution in [2.24, 2.45) is 0 Å². The zero-order chi connectivity index (χ0) is 5.98. The van der Waals surface area contributed by atoms with Crippen molar-refractivity contribution in [3.63, 3.8) is 0 Å². The summed E-state index contributed by atoms with van der Waals surface area (Å²) in [6, 6.07) is 0. The predicted octanol–water partition coefficient (Wildman–Crippen LogP) is 1.53. The molecule has 0 spiro atoms. The first kappa shape index (κ1) is 29.8. The van der Waals surface area contributed by atoms with Gasteiger partial charge < -0.3 is 19.8 Å². The molecule has 2 nitrogen and oxygen atoms in total. The summed E-state index contributed by atoms with van der Waals surface area (Å²) in [5.41, 5.74) is 0. The van der Waals surface area contributed by atoms with Gasteiger partial charge in [-0.05, 0) is 12.8 Å². The first-order valence-electron chi connectivity index (χ1n) is 3.04. The number of amides is 1. The third kappa shape index (κ3) is 13.0. The fraction of sp³-hybridized carbons (Fsp3) is 0.625. The van der Waals surface area contributed by atoms with Crippen LogP contribution in [0.3, 0.4) is 0 Å². The van der Waals surface area contributed by atoms with Crippen LogP contribution >= 0.6 is 0 Å². The largest absolute Gasteiger partial charge is 0.358 e. The Kier molecular flexibility index (Phi) is 40.1. The number of carbonyl (C=O) groups excluding carboxylic acids is 1. The molecule has 1 aliphatic heterocycles. The van der Waals surface area contributed by atoms with E-state index in [4.69, 9.17) is 0 Å². The van der Waals surface area contributed by atoms with Gasteiger partial charge in [0.05, 0.1) is 0 Å². The van der Waals surface area contributed by atoms with Gasteiger partial charge in [0.15, 0.2) is 0 Å². The Labute approximate surface area is 168 Å². The van der Waals surface area contributed by atoms with E-state index in [1.54, 1.807) is 4.90 Å². The minimum absolute atomic E-state index is 0. The second-order valence-electron chi connectivity index (χ2n) is 2.27. The Morgan fingerprint density at radius 3 is 1.85 bits per heavy atom. The Balaban J connectivity index is -0.0000000427. The number of hydrogen-bond acceptors (Lipinski definition) is 1. The van der Waals surface area contributed by atoms with Gasteiger partial charge in [-0.3, -0.25) is 4.79 Å². The molecule has 0 unspecified atom stereocenters. The molecule has 0 bridgehead atoms. The van der Waals surface area contributed by atoms with E-state index >= 15 is 0 Å². The van der Waals surface area contributed by atoms with Crippen LogP contribution in [0.5, 0.6) is 0 Å². The zero-order valence-electron chi connectivity index (χ0n) is 8.47. The molecule has 13 heavy (non-hydrogen) atoms. The number of likely N-dealkylation sites (tertiary alicyclic amines) is 1. The molecule has 1 aliphatic rings. The molecule has 0 saturated carbocycles. The molecule has 0 aromatic carbocycles. The number of carbonyl (C=O) groups is 1. The van der Waals surface area contributed by atoms with Crippen molar-refractivity contribution >= 4 is 5.91 Å². The Morgan fingerprint density at radius 2 is 1.62 bits per heavy atom. The summed E-state index contributed by atoms with van der Waals surface area (Å²) >= 11 is 0. The molecule has 1 fully saturated rings. The van der Waals surface area contributed by atoms with Crippen LogP contribution in [0.15, 0.2) is 0 Å². The van der Waals surface area contributed by atoms with Crippen molar-refractivity contribution < 1.29 is 113 Å². The molecule has 1 rings (SSSR count). The maximum atomic E-state index is 10.7. The van der Waals surface area contributed by atoms with E-state index in [2.05, 4.69) is 0 Å². The number of hydrogen-bond donors (Lipinski definition) is 0. The van der Waals surface area contributed by atoms with Gasteiger partial charge in [-0.25, -0.2) is 0 Å². The standard InChI is InChI=1S/C6H11NO.2CH3.2Ar.Y/c1-7-5-3-2-4-6(7)8;;;;;/h2-5H2,1H3;2*1H3;;;/q;2*-1;;;. The predicted molar refractivity (Wildman–Crippen MR) is 44.3 cm³/mol. The van der Waals surface area contributed by atoms with E-state index in [1.807, 2.05) is 7.05 Å². The van der Waals surface area contributed by atoms with Gasteiger partial charge in [-0.2, -0.15) is 0 Å². The van der Waals surface area contributed by atoms with E-state index in [0.29, 0.717) is 5.91 Å². The van der Waals surface area contributed by atoms with E-state index in [-0.39, 0.29) is 123 Å². The number of piperidine rings is 1. The average molecular weight is 312 g/mol. The average Bonchev–Trinajstić information content (AvgIpc) is 1.77. The zero-order valence-corrected chi connectivity index (χ0v) is 12.7. The summed E-state index contributed by atoms with van der Waals surface area (Å²) in [7, 11) is 1.86. The molecule has 1 saturated heterocycles. The van der Waals surface area contributed by atoms with Crippen LogP contribution < -0.4 is 0 Å². The normalized spacial score (nSPS) is 13.3. The quantitative estimate of drug-likeness (QED) is 0.621. The molecule has 81 valence electrons. The molecule has 1 heterocycles. The Morgan fingerprint density at radius 1 is 1.15 bits per heavy atom. The minimum Gasteiger partial charge on any atom is -0.358 e. The van der Waals surface area contributed by atoms with Crippen LogP contribution in [0.25, 0.3) is 0 Å². The fourth-order valence-corrected chi connectivity index (χ4v) is 0.941. The maximum absolute atomic E-state index is 10.7. The first-order valence-corrected chi connectivity index (χ1v) is 3.04. The summed E-state index contributed by atoms with van der Waals surface area (Å²) in [6.45, 7) is 0.957. The van der Waals surface area contributed by atoms with Gasteiger partial charge in [0.2, 0.25) is 5.91 Å². The van der Waals surface area contributed by atoms with Crippen LogP contribution in [-0.4, -0.2) is 24.4 Å². The molecule has 5 heteroatoms. The van der Waals surface area contributed by atoms with Crippen molar-refractivity contribution in [3.05, 3.63) is 14.9 Å². The maximum Gasteiger partial charge on any atom is 0.222 e.